The minimum absolute atomic E-state index is 0.303. The first-order valence-corrected chi connectivity index (χ1v) is 5.22. The molecule has 1 unspecified atom stereocenters. The molecule has 3 heteroatoms. The van der Waals surface area contributed by atoms with Crippen LogP contribution in [0.25, 0.3) is 6.08 Å². The SMILES string of the molecule is Cc1cc(C)c2c(c1)C=C(C(=O)O)C(C)O2. The van der Waals surface area contributed by atoms with Crippen molar-refractivity contribution in [2.75, 3.05) is 0 Å². The number of carboxylic acid groups (broad SMARTS) is 1. The van der Waals surface area contributed by atoms with Crippen molar-refractivity contribution in [3.8, 4) is 5.75 Å². The van der Waals surface area contributed by atoms with Gasteiger partial charge in [-0.15, -0.1) is 0 Å². The van der Waals surface area contributed by atoms with Gasteiger partial charge in [-0.25, -0.2) is 4.79 Å². The Bertz CT molecular complexity index is 486. The number of hydrogen-bond donors (Lipinski definition) is 1. The lowest BCUT2D eigenvalue weighted by Gasteiger charge is -2.24. The van der Waals surface area contributed by atoms with Gasteiger partial charge >= 0.3 is 5.97 Å². The van der Waals surface area contributed by atoms with Crippen molar-refractivity contribution < 1.29 is 14.6 Å². The van der Waals surface area contributed by atoms with Crippen molar-refractivity contribution in [1.82, 2.24) is 0 Å². The van der Waals surface area contributed by atoms with Crippen LogP contribution in [0.5, 0.6) is 5.75 Å². The first kappa shape index (κ1) is 10.7. The van der Waals surface area contributed by atoms with Gasteiger partial charge in [0, 0.05) is 5.56 Å². The molecule has 0 spiro atoms. The van der Waals surface area contributed by atoms with E-state index in [1.807, 2.05) is 26.0 Å². The van der Waals surface area contributed by atoms with E-state index in [9.17, 15) is 4.79 Å². The summed E-state index contributed by atoms with van der Waals surface area (Å²) in [5.74, 6) is -0.125. The van der Waals surface area contributed by atoms with Crippen LogP contribution in [0.3, 0.4) is 0 Å². The Morgan fingerprint density at radius 2 is 2.06 bits per heavy atom. The number of aryl methyl sites for hydroxylation is 2. The lowest BCUT2D eigenvalue weighted by Crippen LogP contribution is -2.24. The van der Waals surface area contributed by atoms with E-state index in [4.69, 9.17) is 9.84 Å². The summed E-state index contributed by atoms with van der Waals surface area (Å²) in [6.45, 7) is 5.71. The Hall–Kier alpha value is -1.77. The van der Waals surface area contributed by atoms with Gasteiger partial charge in [0.15, 0.2) is 0 Å². The standard InChI is InChI=1S/C13H14O3/c1-7-4-8(2)12-10(5-7)6-11(13(14)15)9(3)16-12/h4-6,9H,1-3H3,(H,14,15). The smallest absolute Gasteiger partial charge is 0.335 e. The normalized spacial score (nSPS) is 18.4. The molecular formula is C13H14O3. The van der Waals surface area contributed by atoms with E-state index in [1.54, 1.807) is 13.0 Å². The summed E-state index contributed by atoms with van der Waals surface area (Å²) in [5.41, 5.74) is 3.31. The van der Waals surface area contributed by atoms with E-state index >= 15 is 0 Å². The van der Waals surface area contributed by atoms with Crippen LogP contribution in [-0.2, 0) is 4.79 Å². The van der Waals surface area contributed by atoms with Crippen LogP contribution in [0, 0.1) is 13.8 Å². The number of rotatable bonds is 1. The van der Waals surface area contributed by atoms with Crippen LogP contribution in [0.4, 0.5) is 0 Å². The molecule has 0 aromatic heterocycles. The van der Waals surface area contributed by atoms with Crippen molar-refractivity contribution in [3.63, 3.8) is 0 Å². The highest BCUT2D eigenvalue weighted by molar-refractivity contribution is 5.94. The molecule has 3 nitrogen and oxygen atoms in total. The molecule has 84 valence electrons. The molecule has 2 rings (SSSR count). The quantitative estimate of drug-likeness (QED) is 0.788. The average Bonchev–Trinajstić information content (AvgIpc) is 2.18. The van der Waals surface area contributed by atoms with Crippen LogP contribution < -0.4 is 4.74 Å². The largest absolute Gasteiger partial charge is 0.485 e. The molecule has 0 amide bonds. The third kappa shape index (κ3) is 1.69. The zero-order chi connectivity index (χ0) is 11.9. The summed E-state index contributed by atoms with van der Waals surface area (Å²) < 4.78 is 5.64. The summed E-state index contributed by atoms with van der Waals surface area (Å²) in [7, 11) is 0. The van der Waals surface area contributed by atoms with Crippen molar-refractivity contribution in [3.05, 3.63) is 34.4 Å². The monoisotopic (exact) mass is 218 g/mol. The molecule has 0 saturated carbocycles. The van der Waals surface area contributed by atoms with Gasteiger partial charge in [0.1, 0.15) is 11.9 Å². The lowest BCUT2D eigenvalue weighted by atomic mass is 9.98. The van der Waals surface area contributed by atoms with E-state index in [0.29, 0.717) is 5.57 Å². The van der Waals surface area contributed by atoms with E-state index < -0.39 is 12.1 Å². The van der Waals surface area contributed by atoms with Gasteiger partial charge in [-0.05, 0) is 38.5 Å². The van der Waals surface area contributed by atoms with E-state index in [-0.39, 0.29) is 0 Å². The number of ether oxygens (including phenoxy) is 1. The molecule has 16 heavy (non-hydrogen) atoms. The molecular weight excluding hydrogens is 204 g/mol. The summed E-state index contributed by atoms with van der Waals surface area (Å²) in [5, 5.41) is 9.02. The first-order valence-electron chi connectivity index (χ1n) is 5.22. The highest BCUT2D eigenvalue weighted by atomic mass is 16.5. The molecule has 1 heterocycles. The maximum Gasteiger partial charge on any atom is 0.335 e. The number of fused-ring (bicyclic) bond motifs is 1. The Morgan fingerprint density at radius 1 is 1.38 bits per heavy atom. The van der Waals surface area contributed by atoms with Crippen molar-refractivity contribution in [1.29, 1.82) is 0 Å². The zero-order valence-corrected chi connectivity index (χ0v) is 9.57. The highest BCUT2D eigenvalue weighted by Gasteiger charge is 2.24. The van der Waals surface area contributed by atoms with Gasteiger partial charge < -0.3 is 9.84 Å². The first-order chi connectivity index (χ1) is 7.49. The molecule has 0 radical (unpaired) electrons. The van der Waals surface area contributed by atoms with Crippen LogP contribution in [0.2, 0.25) is 0 Å². The topological polar surface area (TPSA) is 46.5 Å². The fourth-order valence-corrected chi connectivity index (χ4v) is 2.02. The Balaban J connectivity index is 2.59. The molecule has 0 bridgehead atoms. The molecule has 1 atom stereocenters. The van der Waals surface area contributed by atoms with E-state index in [1.165, 1.54) is 0 Å². The molecule has 0 fully saturated rings. The van der Waals surface area contributed by atoms with Gasteiger partial charge in [-0.3, -0.25) is 0 Å². The van der Waals surface area contributed by atoms with Crippen molar-refractivity contribution in [2.24, 2.45) is 0 Å². The predicted octanol–water partition coefficient (Wildman–Crippen LogP) is 2.55. The van der Waals surface area contributed by atoms with Gasteiger partial charge in [-0.2, -0.15) is 0 Å². The zero-order valence-electron chi connectivity index (χ0n) is 9.57. The fraction of sp³-hybridized carbons (Fsp3) is 0.308. The van der Waals surface area contributed by atoms with Gasteiger partial charge in [0.05, 0.1) is 5.57 Å². The second kappa shape index (κ2) is 3.67. The fourth-order valence-electron chi connectivity index (χ4n) is 2.02. The number of benzene rings is 1. The Labute approximate surface area is 94.4 Å². The van der Waals surface area contributed by atoms with Crippen LogP contribution in [-0.4, -0.2) is 17.2 Å². The average molecular weight is 218 g/mol. The highest BCUT2D eigenvalue weighted by Crippen LogP contribution is 2.33. The number of carboxylic acids is 1. The second-order valence-corrected chi connectivity index (χ2v) is 4.17. The summed E-state index contributed by atoms with van der Waals surface area (Å²) in [6, 6.07) is 3.97. The number of aliphatic carboxylic acids is 1. The third-order valence-electron chi connectivity index (χ3n) is 2.74. The molecule has 1 aliphatic rings. The third-order valence-corrected chi connectivity index (χ3v) is 2.74. The van der Waals surface area contributed by atoms with Crippen molar-refractivity contribution >= 4 is 12.0 Å². The number of carbonyl (C=O) groups is 1. The molecule has 1 aliphatic heterocycles. The van der Waals surface area contributed by atoms with E-state index in [0.717, 1.165) is 22.4 Å². The Kier molecular flexibility index (Phi) is 2.46. The minimum atomic E-state index is -0.919. The summed E-state index contributed by atoms with van der Waals surface area (Å²) in [6.07, 6.45) is 1.30. The van der Waals surface area contributed by atoms with Crippen LogP contribution in [0.1, 0.15) is 23.6 Å². The van der Waals surface area contributed by atoms with E-state index in [2.05, 4.69) is 0 Å². The molecule has 0 aliphatic carbocycles. The maximum atomic E-state index is 11.0. The lowest BCUT2D eigenvalue weighted by molar-refractivity contribution is -0.133. The molecule has 1 aromatic rings. The van der Waals surface area contributed by atoms with Crippen molar-refractivity contribution in [2.45, 2.75) is 26.9 Å². The second-order valence-electron chi connectivity index (χ2n) is 4.17. The predicted molar refractivity (Wildman–Crippen MR) is 61.6 cm³/mol. The minimum Gasteiger partial charge on any atom is -0.485 e. The van der Waals surface area contributed by atoms with Gasteiger partial charge in [0.2, 0.25) is 0 Å². The van der Waals surface area contributed by atoms with Crippen LogP contribution >= 0.6 is 0 Å². The van der Waals surface area contributed by atoms with Crippen LogP contribution in [0.15, 0.2) is 17.7 Å². The molecule has 1 aromatic carbocycles. The van der Waals surface area contributed by atoms with Gasteiger partial charge in [0.25, 0.3) is 0 Å². The Morgan fingerprint density at radius 3 is 2.69 bits per heavy atom. The molecule has 0 saturated heterocycles. The van der Waals surface area contributed by atoms with Gasteiger partial charge in [-0.1, -0.05) is 11.6 Å². The maximum absolute atomic E-state index is 11.0. The summed E-state index contributed by atoms with van der Waals surface area (Å²) >= 11 is 0. The summed E-state index contributed by atoms with van der Waals surface area (Å²) in [4.78, 5) is 11.0. The molecule has 1 N–H and O–H groups in total. The number of hydrogen-bond acceptors (Lipinski definition) is 2.